The molecule has 2 heterocycles. The molecule has 0 aliphatic carbocycles. The van der Waals surface area contributed by atoms with Gasteiger partial charge in [0, 0.05) is 23.9 Å². The Morgan fingerprint density at radius 3 is 2.81 bits per heavy atom. The molecule has 5 heteroatoms. The Labute approximate surface area is 95.3 Å². The summed E-state index contributed by atoms with van der Waals surface area (Å²) < 4.78 is 0. The van der Waals surface area contributed by atoms with Crippen LogP contribution in [0.3, 0.4) is 0 Å². The summed E-state index contributed by atoms with van der Waals surface area (Å²) in [6.45, 7) is 0.743. The molecule has 0 saturated carbocycles. The van der Waals surface area contributed by atoms with E-state index in [4.69, 9.17) is 11.6 Å². The van der Waals surface area contributed by atoms with Crippen molar-refractivity contribution < 1.29 is 0 Å². The smallest absolute Gasteiger partial charge is 0.245 e. The number of aromatic amines is 1. The van der Waals surface area contributed by atoms with Crippen molar-refractivity contribution >= 4 is 23.5 Å². The lowest BCUT2D eigenvalue weighted by atomic mass is 9.99. The van der Waals surface area contributed by atoms with Crippen LogP contribution in [0.4, 0.5) is 5.82 Å². The zero-order valence-corrected chi connectivity index (χ0v) is 8.89. The number of hydrogen-bond donors (Lipinski definition) is 2. The van der Waals surface area contributed by atoms with E-state index in [2.05, 4.69) is 10.3 Å². The second-order valence-corrected chi connectivity index (χ2v) is 4.00. The summed E-state index contributed by atoms with van der Waals surface area (Å²) >= 11 is 5.75. The number of halogens is 1. The van der Waals surface area contributed by atoms with Crippen LogP contribution in [0.5, 0.6) is 0 Å². The van der Waals surface area contributed by atoms with E-state index in [0.29, 0.717) is 11.1 Å². The van der Waals surface area contributed by atoms with Crippen LogP contribution in [0.2, 0.25) is 5.02 Å². The SMILES string of the molecule is O=c1c(Cl)c(-c2c[nH]c3c2C=CCN3)c1=O. The zero-order valence-electron chi connectivity index (χ0n) is 8.13. The molecule has 0 spiro atoms. The van der Waals surface area contributed by atoms with Gasteiger partial charge in [0.25, 0.3) is 0 Å². The largest absolute Gasteiger partial charge is 0.368 e. The van der Waals surface area contributed by atoms with Gasteiger partial charge in [0.2, 0.25) is 10.9 Å². The molecule has 16 heavy (non-hydrogen) atoms. The molecular formula is C11H7ClN2O2. The average Bonchev–Trinajstić information content (AvgIpc) is 2.73. The molecule has 1 aliphatic heterocycles. The van der Waals surface area contributed by atoms with Crippen molar-refractivity contribution in [2.75, 3.05) is 11.9 Å². The third-order valence-electron chi connectivity index (χ3n) is 2.72. The van der Waals surface area contributed by atoms with E-state index in [1.165, 1.54) is 0 Å². The number of nitrogens with one attached hydrogen (secondary N) is 2. The Morgan fingerprint density at radius 2 is 2.06 bits per heavy atom. The van der Waals surface area contributed by atoms with Crippen molar-refractivity contribution in [2.45, 2.75) is 0 Å². The minimum absolute atomic E-state index is 0.0331. The molecule has 0 bridgehead atoms. The van der Waals surface area contributed by atoms with Gasteiger partial charge in [-0.3, -0.25) is 9.59 Å². The standard InChI is InChI=1S/C11H7ClN2O2/c12-8-7(9(15)10(8)16)6-4-14-11-5(6)2-1-3-13-11/h1-2,4,13-14H,3H2. The lowest BCUT2D eigenvalue weighted by molar-refractivity contribution is 1.25. The van der Waals surface area contributed by atoms with Crippen molar-refractivity contribution in [3.05, 3.63) is 43.3 Å². The molecular weight excluding hydrogens is 228 g/mol. The molecule has 1 aromatic heterocycles. The van der Waals surface area contributed by atoms with Gasteiger partial charge in [-0.15, -0.1) is 0 Å². The van der Waals surface area contributed by atoms with Crippen LogP contribution in [0.1, 0.15) is 5.56 Å². The Bertz CT molecular complexity index is 675. The molecule has 3 rings (SSSR count). The first-order chi connectivity index (χ1) is 7.70. The van der Waals surface area contributed by atoms with E-state index < -0.39 is 10.9 Å². The summed E-state index contributed by atoms with van der Waals surface area (Å²) in [6, 6.07) is 0. The maximum atomic E-state index is 11.4. The van der Waals surface area contributed by atoms with Gasteiger partial charge >= 0.3 is 0 Å². The summed E-state index contributed by atoms with van der Waals surface area (Å²) in [7, 11) is 0. The van der Waals surface area contributed by atoms with Crippen LogP contribution in [-0.4, -0.2) is 11.5 Å². The molecule has 4 nitrogen and oxygen atoms in total. The molecule has 1 aromatic carbocycles. The van der Waals surface area contributed by atoms with Gasteiger partial charge in [-0.05, 0) is 0 Å². The van der Waals surface area contributed by atoms with Gasteiger partial charge < -0.3 is 10.3 Å². The molecule has 0 atom stereocenters. The fourth-order valence-corrected chi connectivity index (χ4v) is 2.18. The van der Waals surface area contributed by atoms with Crippen LogP contribution in [-0.2, 0) is 0 Å². The first-order valence-corrected chi connectivity index (χ1v) is 5.19. The van der Waals surface area contributed by atoms with E-state index in [1.54, 1.807) is 6.20 Å². The van der Waals surface area contributed by atoms with Crippen LogP contribution in [0, 0.1) is 0 Å². The van der Waals surface area contributed by atoms with E-state index in [1.807, 2.05) is 12.2 Å². The molecule has 2 N–H and O–H groups in total. The van der Waals surface area contributed by atoms with E-state index in [-0.39, 0.29) is 5.02 Å². The van der Waals surface area contributed by atoms with Crippen LogP contribution >= 0.6 is 11.6 Å². The number of fused-ring (bicyclic) bond motifs is 1. The topological polar surface area (TPSA) is 62.0 Å². The van der Waals surface area contributed by atoms with E-state index in [9.17, 15) is 9.59 Å². The highest BCUT2D eigenvalue weighted by molar-refractivity contribution is 6.34. The average molecular weight is 235 g/mol. The molecule has 1 aliphatic rings. The second kappa shape index (κ2) is 3.09. The Kier molecular flexibility index (Phi) is 1.82. The summed E-state index contributed by atoms with van der Waals surface area (Å²) in [6.07, 6.45) is 5.54. The third-order valence-corrected chi connectivity index (χ3v) is 3.08. The molecule has 0 fully saturated rings. The summed E-state index contributed by atoms with van der Waals surface area (Å²) in [5, 5.41) is 3.16. The van der Waals surface area contributed by atoms with Gasteiger partial charge in [-0.25, -0.2) is 0 Å². The summed E-state index contributed by atoms with van der Waals surface area (Å²) in [4.78, 5) is 25.5. The van der Waals surface area contributed by atoms with Gasteiger partial charge in [-0.1, -0.05) is 23.8 Å². The minimum atomic E-state index is -0.598. The molecule has 80 valence electrons. The van der Waals surface area contributed by atoms with Gasteiger partial charge in [0.05, 0.1) is 5.56 Å². The molecule has 0 unspecified atom stereocenters. The van der Waals surface area contributed by atoms with Gasteiger partial charge in [-0.2, -0.15) is 0 Å². The molecule has 0 amide bonds. The van der Waals surface area contributed by atoms with E-state index in [0.717, 1.165) is 17.9 Å². The second-order valence-electron chi connectivity index (χ2n) is 3.62. The highest BCUT2D eigenvalue weighted by Crippen LogP contribution is 2.33. The van der Waals surface area contributed by atoms with Crippen LogP contribution in [0.25, 0.3) is 17.2 Å². The third kappa shape index (κ3) is 1.05. The van der Waals surface area contributed by atoms with Crippen molar-refractivity contribution in [3.63, 3.8) is 0 Å². The van der Waals surface area contributed by atoms with Crippen molar-refractivity contribution in [2.24, 2.45) is 0 Å². The maximum absolute atomic E-state index is 11.4. The summed E-state index contributed by atoms with van der Waals surface area (Å²) in [5.41, 5.74) is 0.774. The predicted molar refractivity (Wildman–Crippen MR) is 63.7 cm³/mol. The van der Waals surface area contributed by atoms with Crippen molar-refractivity contribution in [3.8, 4) is 11.1 Å². The highest BCUT2D eigenvalue weighted by Gasteiger charge is 2.24. The van der Waals surface area contributed by atoms with Crippen molar-refractivity contribution in [1.29, 1.82) is 0 Å². The number of aromatic nitrogens is 1. The minimum Gasteiger partial charge on any atom is -0.368 e. The fraction of sp³-hybridized carbons (Fsp3) is 0.0909. The zero-order chi connectivity index (χ0) is 11.3. The highest BCUT2D eigenvalue weighted by atomic mass is 35.5. The van der Waals surface area contributed by atoms with E-state index >= 15 is 0 Å². The molecule has 0 radical (unpaired) electrons. The first kappa shape index (κ1) is 9.42. The number of rotatable bonds is 1. The maximum Gasteiger partial charge on any atom is 0.245 e. The van der Waals surface area contributed by atoms with Crippen molar-refractivity contribution in [1.82, 2.24) is 4.98 Å². The quantitative estimate of drug-likeness (QED) is 0.733. The fourth-order valence-electron chi connectivity index (χ4n) is 1.90. The molecule has 2 aromatic rings. The lowest BCUT2D eigenvalue weighted by Crippen LogP contribution is -2.33. The lowest BCUT2D eigenvalue weighted by Gasteiger charge is -2.10. The number of anilines is 1. The predicted octanol–water partition coefficient (Wildman–Crippen LogP) is 1.37. The van der Waals surface area contributed by atoms with Crippen LogP contribution < -0.4 is 16.2 Å². The first-order valence-electron chi connectivity index (χ1n) is 4.81. The number of H-pyrrole nitrogens is 1. The van der Waals surface area contributed by atoms with Crippen LogP contribution in [0.15, 0.2) is 21.9 Å². The summed E-state index contributed by atoms with van der Waals surface area (Å²) in [5.74, 6) is 0.849. The Balaban J connectivity index is 2.24. The monoisotopic (exact) mass is 234 g/mol. The Morgan fingerprint density at radius 1 is 1.25 bits per heavy atom. The Hall–Kier alpha value is -1.81. The van der Waals surface area contributed by atoms with Gasteiger partial charge in [0.15, 0.2) is 0 Å². The van der Waals surface area contributed by atoms with Gasteiger partial charge in [0.1, 0.15) is 10.8 Å². The molecule has 0 saturated heterocycles. The number of hydrogen-bond acceptors (Lipinski definition) is 3. The normalized spacial score (nSPS) is 13.8.